The van der Waals surface area contributed by atoms with Gasteiger partial charge in [0.05, 0.1) is 19.8 Å². The molecule has 2 saturated heterocycles. The number of methoxy groups -OCH3 is 1. The summed E-state index contributed by atoms with van der Waals surface area (Å²) in [6.45, 7) is 7.21. The Labute approximate surface area is 174 Å². The summed E-state index contributed by atoms with van der Waals surface area (Å²) in [6.07, 6.45) is 6.35. The van der Waals surface area contributed by atoms with Crippen molar-refractivity contribution in [1.82, 2.24) is 10.2 Å². The zero-order chi connectivity index (χ0) is 20.5. The quantitative estimate of drug-likeness (QED) is 0.648. The summed E-state index contributed by atoms with van der Waals surface area (Å²) in [7, 11) is 1.67. The third-order valence-electron chi connectivity index (χ3n) is 5.97. The lowest BCUT2D eigenvalue weighted by molar-refractivity contribution is -0.122. The Morgan fingerprint density at radius 2 is 2.07 bits per heavy atom. The van der Waals surface area contributed by atoms with Gasteiger partial charge < -0.3 is 19.5 Å². The molecule has 2 aliphatic rings. The van der Waals surface area contributed by atoms with Gasteiger partial charge in [0.15, 0.2) is 11.5 Å². The minimum absolute atomic E-state index is 0.171. The third kappa shape index (κ3) is 6.89. The topological polar surface area (TPSA) is 60.0 Å². The van der Waals surface area contributed by atoms with Crippen molar-refractivity contribution < 1.29 is 19.0 Å². The standard InChI is InChI=1S/C23H36N2O4/c1-3-28-22-15-19(6-8-21(22)27-2)17-25-12-10-18(11-13-25)7-9-23(26)24-16-20-5-4-14-29-20/h6,8,15,18,20H,3-5,7,9-14,16-17H2,1-2H3,(H,24,26)/t20-/m0/s1. The molecule has 3 rings (SSSR count). The molecule has 2 fully saturated rings. The lowest BCUT2D eigenvalue weighted by Gasteiger charge is -2.32. The number of likely N-dealkylation sites (tertiary alicyclic amines) is 1. The first kappa shape index (κ1) is 21.9. The maximum Gasteiger partial charge on any atom is 0.220 e. The molecule has 0 saturated carbocycles. The van der Waals surface area contributed by atoms with E-state index in [0.717, 1.165) is 69.8 Å². The molecule has 29 heavy (non-hydrogen) atoms. The fourth-order valence-corrected chi connectivity index (χ4v) is 4.24. The van der Waals surface area contributed by atoms with Crippen molar-refractivity contribution in [1.29, 1.82) is 0 Å². The van der Waals surface area contributed by atoms with Crippen molar-refractivity contribution in [2.75, 3.05) is 40.0 Å². The molecule has 1 N–H and O–H groups in total. The summed E-state index contributed by atoms with van der Waals surface area (Å²) < 4.78 is 16.6. The van der Waals surface area contributed by atoms with Crippen molar-refractivity contribution in [2.45, 2.75) is 58.1 Å². The van der Waals surface area contributed by atoms with E-state index in [4.69, 9.17) is 14.2 Å². The summed E-state index contributed by atoms with van der Waals surface area (Å²) in [5.74, 6) is 2.42. The predicted molar refractivity (Wildman–Crippen MR) is 113 cm³/mol. The van der Waals surface area contributed by atoms with Crippen molar-refractivity contribution in [3.8, 4) is 11.5 Å². The Kier molecular flexibility index (Phi) is 8.62. The Hall–Kier alpha value is -1.79. The number of nitrogens with zero attached hydrogens (tertiary/aromatic N) is 1. The van der Waals surface area contributed by atoms with Gasteiger partial charge in [-0.2, -0.15) is 0 Å². The highest BCUT2D eigenvalue weighted by Crippen LogP contribution is 2.29. The van der Waals surface area contributed by atoms with Crippen LogP contribution < -0.4 is 14.8 Å². The van der Waals surface area contributed by atoms with Gasteiger partial charge in [-0.25, -0.2) is 0 Å². The molecular formula is C23H36N2O4. The molecule has 2 aliphatic heterocycles. The van der Waals surface area contributed by atoms with Crippen molar-refractivity contribution in [3.05, 3.63) is 23.8 Å². The van der Waals surface area contributed by atoms with Crippen LogP contribution in [0.3, 0.4) is 0 Å². The summed E-state index contributed by atoms with van der Waals surface area (Å²) in [6, 6.07) is 6.20. The fourth-order valence-electron chi connectivity index (χ4n) is 4.24. The zero-order valence-corrected chi connectivity index (χ0v) is 18.0. The van der Waals surface area contributed by atoms with E-state index >= 15 is 0 Å². The van der Waals surface area contributed by atoms with E-state index in [-0.39, 0.29) is 12.0 Å². The van der Waals surface area contributed by atoms with Crippen LogP contribution in [0, 0.1) is 5.92 Å². The highest BCUT2D eigenvalue weighted by molar-refractivity contribution is 5.75. The number of benzene rings is 1. The number of hydrogen-bond donors (Lipinski definition) is 1. The molecule has 0 spiro atoms. The van der Waals surface area contributed by atoms with Crippen molar-refractivity contribution >= 4 is 5.91 Å². The summed E-state index contributed by atoms with van der Waals surface area (Å²) in [4.78, 5) is 14.6. The number of rotatable bonds is 10. The fraction of sp³-hybridized carbons (Fsp3) is 0.696. The second kappa shape index (κ2) is 11.4. The molecular weight excluding hydrogens is 368 g/mol. The van der Waals surface area contributed by atoms with Gasteiger partial charge >= 0.3 is 0 Å². The Bertz CT molecular complexity index is 638. The van der Waals surface area contributed by atoms with Gasteiger partial charge in [-0.05, 0) is 75.7 Å². The van der Waals surface area contributed by atoms with E-state index in [0.29, 0.717) is 25.5 Å². The van der Waals surface area contributed by atoms with Crippen LogP contribution >= 0.6 is 0 Å². The van der Waals surface area contributed by atoms with E-state index in [9.17, 15) is 4.79 Å². The lowest BCUT2D eigenvalue weighted by Crippen LogP contribution is -2.34. The van der Waals surface area contributed by atoms with Gasteiger partial charge in [-0.1, -0.05) is 6.07 Å². The van der Waals surface area contributed by atoms with Gasteiger partial charge in [-0.15, -0.1) is 0 Å². The number of carbonyl (C=O) groups is 1. The first-order valence-corrected chi connectivity index (χ1v) is 11.1. The normalized spacial score (nSPS) is 20.6. The first-order valence-electron chi connectivity index (χ1n) is 11.1. The zero-order valence-electron chi connectivity index (χ0n) is 18.0. The Balaban J connectivity index is 1.35. The smallest absolute Gasteiger partial charge is 0.220 e. The third-order valence-corrected chi connectivity index (χ3v) is 5.97. The van der Waals surface area contributed by atoms with Crippen molar-refractivity contribution in [2.24, 2.45) is 5.92 Å². The van der Waals surface area contributed by atoms with Crippen LogP contribution in [0.5, 0.6) is 11.5 Å². The van der Waals surface area contributed by atoms with Crippen LogP contribution in [-0.4, -0.2) is 56.9 Å². The van der Waals surface area contributed by atoms with Crippen LogP contribution in [0.1, 0.15) is 51.0 Å². The second-order valence-electron chi connectivity index (χ2n) is 8.12. The van der Waals surface area contributed by atoms with E-state index in [2.05, 4.69) is 22.3 Å². The minimum atomic E-state index is 0.171. The number of ether oxygens (including phenoxy) is 3. The Morgan fingerprint density at radius 1 is 1.24 bits per heavy atom. The molecule has 6 heteroatoms. The predicted octanol–water partition coefficient (Wildman–Crippen LogP) is 3.38. The maximum absolute atomic E-state index is 12.1. The maximum atomic E-state index is 12.1. The van der Waals surface area contributed by atoms with Gasteiger partial charge in [0.1, 0.15) is 0 Å². The number of amides is 1. The summed E-state index contributed by atoms with van der Waals surface area (Å²) in [5, 5.41) is 3.03. The van der Waals surface area contributed by atoms with E-state index < -0.39 is 0 Å². The molecule has 1 aromatic carbocycles. The van der Waals surface area contributed by atoms with E-state index in [1.54, 1.807) is 7.11 Å². The molecule has 1 atom stereocenters. The van der Waals surface area contributed by atoms with Crippen LogP contribution in [0.4, 0.5) is 0 Å². The lowest BCUT2D eigenvalue weighted by atomic mass is 9.92. The van der Waals surface area contributed by atoms with Crippen LogP contribution in [0.2, 0.25) is 0 Å². The van der Waals surface area contributed by atoms with Gasteiger partial charge in [-0.3, -0.25) is 9.69 Å². The molecule has 6 nitrogen and oxygen atoms in total. The monoisotopic (exact) mass is 404 g/mol. The van der Waals surface area contributed by atoms with Crippen molar-refractivity contribution in [3.63, 3.8) is 0 Å². The Morgan fingerprint density at radius 3 is 2.76 bits per heavy atom. The SMILES string of the molecule is CCOc1cc(CN2CCC(CCC(=O)NC[C@@H]3CCCO3)CC2)ccc1OC. The van der Waals surface area contributed by atoms with Crippen LogP contribution in [-0.2, 0) is 16.1 Å². The molecule has 0 bridgehead atoms. The molecule has 162 valence electrons. The number of hydrogen-bond acceptors (Lipinski definition) is 5. The van der Waals surface area contributed by atoms with Crippen LogP contribution in [0.25, 0.3) is 0 Å². The molecule has 2 heterocycles. The van der Waals surface area contributed by atoms with Gasteiger partial charge in [0.25, 0.3) is 0 Å². The molecule has 0 unspecified atom stereocenters. The average molecular weight is 405 g/mol. The van der Waals surface area contributed by atoms with Gasteiger partial charge in [0, 0.05) is 26.1 Å². The molecule has 1 aromatic rings. The second-order valence-corrected chi connectivity index (χ2v) is 8.12. The largest absolute Gasteiger partial charge is 0.493 e. The van der Waals surface area contributed by atoms with E-state index in [1.807, 2.05) is 13.0 Å². The summed E-state index contributed by atoms with van der Waals surface area (Å²) in [5.41, 5.74) is 1.25. The van der Waals surface area contributed by atoms with Gasteiger partial charge in [0.2, 0.25) is 5.91 Å². The molecule has 0 aliphatic carbocycles. The molecule has 0 radical (unpaired) electrons. The molecule has 0 aromatic heterocycles. The highest BCUT2D eigenvalue weighted by Gasteiger charge is 2.21. The number of piperidine rings is 1. The number of nitrogens with one attached hydrogen (secondary N) is 1. The number of carbonyl (C=O) groups excluding carboxylic acids is 1. The minimum Gasteiger partial charge on any atom is -0.493 e. The average Bonchev–Trinajstić information content (AvgIpc) is 3.26. The first-order chi connectivity index (χ1) is 14.2. The molecule has 1 amide bonds. The van der Waals surface area contributed by atoms with Crippen LogP contribution in [0.15, 0.2) is 18.2 Å². The highest BCUT2D eigenvalue weighted by atomic mass is 16.5. The van der Waals surface area contributed by atoms with E-state index in [1.165, 1.54) is 5.56 Å². The summed E-state index contributed by atoms with van der Waals surface area (Å²) >= 11 is 0.